The smallest absolute Gasteiger partial charge is 0.244 e. The van der Waals surface area contributed by atoms with Gasteiger partial charge in [0.1, 0.15) is 16.4 Å². The number of sulfonamides is 1. The van der Waals surface area contributed by atoms with Crippen molar-refractivity contribution in [3.8, 4) is 11.5 Å². The second-order valence-electron chi connectivity index (χ2n) is 3.52. The summed E-state index contributed by atoms with van der Waals surface area (Å²) in [4.78, 5) is 0.0990. The summed E-state index contributed by atoms with van der Waals surface area (Å²) in [5.74, 6) is 0.798. The van der Waals surface area contributed by atoms with E-state index >= 15 is 0 Å². The van der Waals surface area contributed by atoms with Crippen molar-refractivity contribution in [1.82, 2.24) is 10.0 Å². The fourth-order valence-corrected chi connectivity index (χ4v) is 2.57. The van der Waals surface area contributed by atoms with Crippen LogP contribution in [0.3, 0.4) is 0 Å². The lowest BCUT2D eigenvalue weighted by Gasteiger charge is -2.11. The molecule has 1 aromatic carbocycles. The van der Waals surface area contributed by atoms with E-state index in [9.17, 15) is 8.42 Å². The molecular weight excluding hydrogens is 256 g/mol. The quantitative estimate of drug-likeness (QED) is 0.695. The Morgan fingerprint density at radius 2 is 1.89 bits per heavy atom. The molecule has 0 spiro atoms. The van der Waals surface area contributed by atoms with Gasteiger partial charge >= 0.3 is 0 Å². The van der Waals surface area contributed by atoms with Crippen molar-refractivity contribution in [3.63, 3.8) is 0 Å². The highest BCUT2D eigenvalue weighted by Crippen LogP contribution is 2.27. The van der Waals surface area contributed by atoms with Crippen molar-refractivity contribution in [1.29, 1.82) is 0 Å². The molecule has 0 atom stereocenters. The first-order valence-corrected chi connectivity index (χ1v) is 6.89. The Bertz CT molecular complexity index is 488. The van der Waals surface area contributed by atoms with Crippen molar-refractivity contribution in [2.75, 3.05) is 34.4 Å². The summed E-state index contributed by atoms with van der Waals surface area (Å²) < 4.78 is 36.6. The van der Waals surface area contributed by atoms with Crippen LogP contribution in [0.5, 0.6) is 11.5 Å². The molecule has 0 aliphatic heterocycles. The van der Waals surface area contributed by atoms with E-state index in [-0.39, 0.29) is 10.6 Å². The summed E-state index contributed by atoms with van der Waals surface area (Å²) in [7, 11) is 1.11. The molecule has 0 amide bonds. The third-order valence-electron chi connectivity index (χ3n) is 2.33. The van der Waals surface area contributed by atoms with Gasteiger partial charge in [-0.05, 0) is 19.2 Å². The van der Waals surface area contributed by atoms with Crippen molar-refractivity contribution in [2.45, 2.75) is 4.90 Å². The van der Waals surface area contributed by atoms with Crippen molar-refractivity contribution >= 4 is 10.0 Å². The van der Waals surface area contributed by atoms with Gasteiger partial charge in [-0.25, -0.2) is 13.1 Å². The largest absolute Gasteiger partial charge is 0.497 e. The Labute approximate surface area is 107 Å². The van der Waals surface area contributed by atoms with Crippen LogP contribution in [-0.2, 0) is 10.0 Å². The molecule has 2 N–H and O–H groups in total. The van der Waals surface area contributed by atoms with Gasteiger partial charge < -0.3 is 14.8 Å². The Hall–Kier alpha value is -1.31. The minimum atomic E-state index is -3.57. The van der Waals surface area contributed by atoms with Gasteiger partial charge in [-0.3, -0.25) is 0 Å². The number of methoxy groups -OCH3 is 2. The highest BCUT2D eigenvalue weighted by molar-refractivity contribution is 7.89. The molecule has 102 valence electrons. The average molecular weight is 274 g/mol. The van der Waals surface area contributed by atoms with Crippen LogP contribution >= 0.6 is 0 Å². The maximum atomic E-state index is 12.0. The summed E-state index contributed by atoms with van der Waals surface area (Å²) in [5, 5.41) is 2.86. The van der Waals surface area contributed by atoms with Gasteiger partial charge in [0.05, 0.1) is 14.2 Å². The van der Waals surface area contributed by atoms with E-state index < -0.39 is 10.0 Å². The molecule has 6 nitrogen and oxygen atoms in total. The van der Waals surface area contributed by atoms with E-state index in [0.717, 1.165) is 0 Å². The van der Waals surface area contributed by atoms with Crippen LogP contribution < -0.4 is 19.5 Å². The topological polar surface area (TPSA) is 76.7 Å². The molecular formula is C11H18N2O4S. The van der Waals surface area contributed by atoms with E-state index in [1.54, 1.807) is 13.1 Å². The zero-order chi connectivity index (χ0) is 13.6. The minimum Gasteiger partial charge on any atom is -0.497 e. The summed E-state index contributed by atoms with van der Waals surface area (Å²) in [6.07, 6.45) is 0. The Kier molecular flexibility index (Phi) is 5.39. The third kappa shape index (κ3) is 3.59. The van der Waals surface area contributed by atoms with Gasteiger partial charge in [0, 0.05) is 19.2 Å². The van der Waals surface area contributed by atoms with Gasteiger partial charge in [0.15, 0.2) is 0 Å². The number of hydrogen-bond donors (Lipinski definition) is 2. The van der Waals surface area contributed by atoms with Gasteiger partial charge in [0.25, 0.3) is 0 Å². The summed E-state index contributed by atoms with van der Waals surface area (Å²) in [6, 6.07) is 4.57. The van der Waals surface area contributed by atoms with Crippen LogP contribution in [0, 0.1) is 0 Å². The number of nitrogens with one attached hydrogen (secondary N) is 2. The van der Waals surface area contributed by atoms with Gasteiger partial charge in [-0.1, -0.05) is 0 Å². The van der Waals surface area contributed by atoms with Crippen LogP contribution in [-0.4, -0.2) is 42.8 Å². The van der Waals surface area contributed by atoms with E-state index in [0.29, 0.717) is 18.8 Å². The second-order valence-corrected chi connectivity index (χ2v) is 5.25. The summed E-state index contributed by atoms with van der Waals surface area (Å²) >= 11 is 0. The number of benzene rings is 1. The predicted octanol–water partition coefficient (Wildman–Crippen LogP) is 0.202. The van der Waals surface area contributed by atoms with Crippen LogP contribution in [0.25, 0.3) is 0 Å². The molecule has 0 fully saturated rings. The number of likely N-dealkylation sites (N-methyl/N-ethyl adjacent to an activating group) is 1. The van der Waals surface area contributed by atoms with Crippen LogP contribution in [0.15, 0.2) is 23.1 Å². The molecule has 0 saturated heterocycles. The molecule has 0 radical (unpaired) electrons. The van der Waals surface area contributed by atoms with Crippen LogP contribution in [0.2, 0.25) is 0 Å². The van der Waals surface area contributed by atoms with Crippen molar-refractivity contribution in [3.05, 3.63) is 18.2 Å². The minimum absolute atomic E-state index is 0.0990. The van der Waals surface area contributed by atoms with E-state index in [4.69, 9.17) is 9.47 Å². The fraction of sp³-hybridized carbons (Fsp3) is 0.455. The second kappa shape index (κ2) is 6.58. The summed E-state index contributed by atoms with van der Waals surface area (Å²) in [6.45, 7) is 0.867. The maximum absolute atomic E-state index is 12.0. The molecule has 1 rings (SSSR count). The van der Waals surface area contributed by atoms with Crippen molar-refractivity contribution in [2.24, 2.45) is 0 Å². The molecule has 0 saturated carbocycles. The standard InChI is InChI=1S/C11H18N2O4S/c1-12-6-7-13-18(14,15)11-5-4-9(16-2)8-10(11)17-3/h4-5,8,12-13H,6-7H2,1-3H3. The van der Waals surface area contributed by atoms with E-state index in [1.807, 2.05) is 0 Å². The molecule has 7 heteroatoms. The fourth-order valence-electron chi connectivity index (χ4n) is 1.39. The molecule has 0 aliphatic carbocycles. The average Bonchev–Trinajstić information content (AvgIpc) is 2.38. The van der Waals surface area contributed by atoms with Gasteiger partial charge in [0.2, 0.25) is 10.0 Å². The van der Waals surface area contributed by atoms with E-state index in [2.05, 4.69) is 10.0 Å². The molecule has 0 heterocycles. The molecule has 0 aliphatic rings. The Morgan fingerprint density at radius 1 is 1.17 bits per heavy atom. The third-order valence-corrected chi connectivity index (χ3v) is 3.83. The Balaban J connectivity index is 3.00. The van der Waals surface area contributed by atoms with Gasteiger partial charge in [-0.15, -0.1) is 0 Å². The first-order valence-electron chi connectivity index (χ1n) is 5.41. The monoisotopic (exact) mass is 274 g/mol. The first-order chi connectivity index (χ1) is 8.55. The summed E-state index contributed by atoms with van der Waals surface area (Å²) in [5.41, 5.74) is 0. The normalized spacial score (nSPS) is 11.3. The molecule has 0 bridgehead atoms. The SMILES string of the molecule is CNCCNS(=O)(=O)c1ccc(OC)cc1OC. The number of hydrogen-bond acceptors (Lipinski definition) is 5. The molecule has 1 aromatic rings. The lowest BCUT2D eigenvalue weighted by atomic mass is 10.3. The number of ether oxygens (including phenoxy) is 2. The number of rotatable bonds is 7. The highest BCUT2D eigenvalue weighted by atomic mass is 32.2. The zero-order valence-corrected chi connectivity index (χ0v) is 11.5. The zero-order valence-electron chi connectivity index (χ0n) is 10.7. The first kappa shape index (κ1) is 14.7. The van der Waals surface area contributed by atoms with Crippen LogP contribution in [0.1, 0.15) is 0 Å². The highest BCUT2D eigenvalue weighted by Gasteiger charge is 2.19. The molecule has 18 heavy (non-hydrogen) atoms. The Morgan fingerprint density at radius 3 is 2.44 bits per heavy atom. The lowest BCUT2D eigenvalue weighted by molar-refractivity contribution is 0.386. The predicted molar refractivity (Wildman–Crippen MR) is 68.7 cm³/mol. The molecule has 0 aromatic heterocycles. The molecule has 0 unspecified atom stereocenters. The van der Waals surface area contributed by atoms with Gasteiger partial charge in [-0.2, -0.15) is 0 Å². The van der Waals surface area contributed by atoms with Crippen molar-refractivity contribution < 1.29 is 17.9 Å². The van der Waals surface area contributed by atoms with E-state index in [1.165, 1.54) is 26.4 Å². The van der Waals surface area contributed by atoms with Crippen LogP contribution in [0.4, 0.5) is 0 Å². The maximum Gasteiger partial charge on any atom is 0.244 e. The lowest BCUT2D eigenvalue weighted by Crippen LogP contribution is -2.30.